The molecule has 39 heavy (non-hydrogen) atoms. The number of hydrogen-bond acceptors (Lipinski definition) is 8. The van der Waals surface area contributed by atoms with Crippen molar-refractivity contribution in [1.29, 1.82) is 0 Å². The van der Waals surface area contributed by atoms with Gasteiger partial charge in [-0.1, -0.05) is 30.7 Å². The van der Waals surface area contributed by atoms with E-state index in [1.54, 1.807) is 6.07 Å². The Bertz CT molecular complexity index is 1460. The second-order valence-corrected chi connectivity index (χ2v) is 10.8. The van der Waals surface area contributed by atoms with Gasteiger partial charge in [0, 0.05) is 36.0 Å². The number of nitro benzene ring substituents is 1. The minimum absolute atomic E-state index is 0.00606. The van der Waals surface area contributed by atoms with Crippen molar-refractivity contribution >= 4 is 38.9 Å². The van der Waals surface area contributed by atoms with Crippen LogP contribution in [0.15, 0.2) is 77.7 Å². The van der Waals surface area contributed by atoms with Crippen LogP contribution in [0.3, 0.4) is 0 Å². The lowest BCUT2D eigenvalue weighted by Crippen LogP contribution is -2.33. The molecule has 1 heterocycles. The highest BCUT2D eigenvalue weighted by molar-refractivity contribution is 7.90. The predicted octanol–water partition coefficient (Wildman–Crippen LogP) is 3.86. The number of carbonyl (C=O) groups is 2. The van der Waals surface area contributed by atoms with Crippen molar-refractivity contribution in [1.82, 2.24) is 9.62 Å². The zero-order chi connectivity index (χ0) is 27.8. The summed E-state index contributed by atoms with van der Waals surface area (Å²) in [4.78, 5) is 38.9. The molecule has 1 aliphatic rings. The van der Waals surface area contributed by atoms with E-state index >= 15 is 0 Å². The van der Waals surface area contributed by atoms with Gasteiger partial charge in [0.2, 0.25) is 0 Å². The molecule has 0 aromatic heterocycles. The third-order valence-electron chi connectivity index (χ3n) is 6.31. The lowest BCUT2D eigenvalue weighted by molar-refractivity contribution is -0.384. The van der Waals surface area contributed by atoms with Gasteiger partial charge < -0.3 is 15.5 Å². The lowest BCUT2D eigenvalue weighted by atomic mass is 10.1. The minimum Gasteiger partial charge on any atom is -0.378 e. The lowest BCUT2D eigenvalue weighted by Gasteiger charge is -2.26. The first-order valence-corrected chi connectivity index (χ1v) is 14.0. The van der Waals surface area contributed by atoms with Gasteiger partial charge in [0.25, 0.3) is 27.5 Å². The summed E-state index contributed by atoms with van der Waals surface area (Å²) >= 11 is 0. The number of sulfonamides is 1. The molecule has 12 heteroatoms. The summed E-state index contributed by atoms with van der Waals surface area (Å²) in [6.07, 6.45) is 3.54. The Balaban J connectivity index is 1.41. The number of piperidine rings is 1. The molecule has 1 saturated heterocycles. The van der Waals surface area contributed by atoms with Gasteiger partial charge in [0.15, 0.2) is 0 Å². The number of rotatable bonds is 10. The molecular formula is C27H29N5O6S. The maximum atomic E-state index is 12.9. The Hall–Kier alpha value is -4.29. The van der Waals surface area contributed by atoms with Gasteiger partial charge >= 0.3 is 0 Å². The zero-order valence-corrected chi connectivity index (χ0v) is 21.9. The van der Waals surface area contributed by atoms with Crippen molar-refractivity contribution in [3.8, 4) is 0 Å². The summed E-state index contributed by atoms with van der Waals surface area (Å²) in [6.45, 7) is 3.36. The summed E-state index contributed by atoms with van der Waals surface area (Å²) < 4.78 is 26.9. The van der Waals surface area contributed by atoms with E-state index in [0.717, 1.165) is 32.5 Å². The number of nitrogens with zero attached hydrogens (tertiary/aromatic N) is 2. The standard InChI is InChI=1S/C27H29N5O6S/c33-26(21-12-13-24(25(19-21)32(35)36)28-14-17-31-15-5-2-6-16-31)29-22-9-7-8-20(18-22)27(34)30-39(37,38)23-10-3-1-4-11-23/h1,3-4,7-13,18-19,28H,2,5-6,14-17H2,(H,29,33)(H,30,34). The molecule has 0 spiro atoms. The fraction of sp³-hybridized carbons (Fsp3) is 0.259. The Morgan fingerprint density at radius 3 is 2.31 bits per heavy atom. The molecule has 11 nitrogen and oxygen atoms in total. The van der Waals surface area contributed by atoms with E-state index in [-0.39, 0.29) is 27.4 Å². The number of hydrogen-bond donors (Lipinski definition) is 3. The summed E-state index contributed by atoms with van der Waals surface area (Å²) in [5, 5.41) is 17.4. The first-order chi connectivity index (χ1) is 18.7. The van der Waals surface area contributed by atoms with Crippen LogP contribution in [0.2, 0.25) is 0 Å². The second-order valence-electron chi connectivity index (χ2n) is 9.10. The number of carbonyl (C=O) groups excluding carboxylic acids is 2. The molecule has 0 aliphatic carbocycles. The van der Waals surface area contributed by atoms with Crippen LogP contribution in [0, 0.1) is 10.1 Å². The molecule has 0 saturated carbocycles. The molecule has 4 rings (SSSR count). The SMILES string of the molecule is O=C(Nc1cccc(C(=O)NS(=O)(=O)c2ccccc2)c1)c1ccc(NCCN2CCCCC2)c([N+](=O)[O-])c1. The van der Waals surface area contributed by atoms with Crippen molar-refractivity contribution in [3.63, 3.8) is 0 Å². The van der Waals surface area contributed by atoms with Crippen LogP contribution < -0.4 is 15.4 Å². The molecule has 0 radical (unpaired) electrons. The van der Waals surface area contributed by atoms with E-state index in [9.17, 15) is 28.1 Å². The van der Waals surface area contributed by atoms with Gasteiger partial charge in [-0.2, -0.15) is 0 Å². The Morgan fingerprint density at radius 2 is 1.59 bits per heavy atom. The highest BCUT2D eigenvalue weighted by atomic mass is 32.2. The van der Waals surface area contributed by atoms with Crippen molar-refractivity contribution in [2.75, 3.05) is 36.8 Å². The number of likely N-dealkylation sites (tertiary alicyclic amines) is 1. The zero-order valence-electron chi connectivity index (χ0n) is 21.1. The highest BCUT2D eigenvalue weighted by Gasteiger charge is 2.20. The Morgan fingerprint density at radius 1 is 0.872 bits per heavy atom. The monoisotopic (exact) mass is 551 g/mol. The van der Waals surface area contributed by atoms with Crippen LogP contribution in [0.5, 0.6) is 0 Å². The fourth-order valence-corrected chi connectivity index (χ4v) is 5.28. The van der Waals surface area contributed by atoms with E-state index in [2.05, 4.69) is 15.5 Å². The van der Waals surface area contributed by atoms with Gasteiger partial charge in [-0.15, -0.1) is 0 Å². The third-order valence-corrected chi connectivity index (χ3v) is 7.66. The van der Waals surface area contributed by atoms with Crippen molar-refractivity contribution < 1.29 is 22.9 Å². The molecular weight excluding hydrogens is 522 g/mol. The number of anilines is 2. The van der Waals surface area contributed by atoms with Crippen LogP contribution in [0.25, 0.3) is 0 Å². The molecule has 0 unspecified atom stereocenters. The van der Waals surface area contributed by atoms with Crippen LogP contribution >= 0.6 is 0 Å². The second kappa shape index (κ2) is 12.5. The molecule has 3 N–H and O–H groups in total. The van der Waals surface area contributed by atoms with Crippen molar-refractivity contribution in [2.24, 2.45) is 0 Å². The van der Waals surface area contributed by atoms with E-state index < -0.39 is 26.8 Å². The quantitative estimate of drug-likeness (QED) is 0.254. The van der Waals surface area contributed by atoms with E-state index in [1.807, 2.05) is 4.72 Å². The number of amides is 2. The van der Waals surface area contributed by atoms with Crippen LogP contribution in [-0.2, 0) is 10.0 Å². The van der Waals surface area contributed by atoms with E-state index in [1.165, 1.54) is 73.2 Å². The summed E-state index contributed by atoms with van der Waals surface area (Å²) in [5.41, 5.74) is 0.389. The van der Waals surface area contributed by atoms with Crippen LogP contribution in [0.4, 0.5) is 17.1 Å². The number of benzene rings is 3. The smallest absolute Gasteiger partial charge is 0.293 e. The molecule has 204 valence electrons. The predicted molar refractivity (Wildman–Crippen MR) is 147 cm³/mol. The summed E-state index contributed by atoms with van der Waals surface area (Å²) in [5.74, 6) is -1.49. The average Bonchev–Trinajstić information content (AvgIpc) is 2.94. The van der Waals surface area contributed by atoms with Gasteiger partial charge in [0.1, 0.15) is 5.69 Å². The molecule has 0 bridgehead atoms. The van der Waals surface area contributed by atoms with Gasteiger partial charge in [-0.3, -0.25) is 19.7 Å². The minimum atomic E-state index is -4.08. The van der Waals surface area contributed by atoms with E-state index in [0.29, 0.717) is 12.2 Å². The van der Waals surface area contributed by atoms with Gasteiger partial charge in [-0.25, -0.2) is 13.1 Å². The summed E-state index contributed by atoms with van der Waals surface area (Å²) in [6, 6.07) is 17.4. The van der Waals surface area contributed by atoms with Crippen molar-refractivity contribution in [2.45, 2.75) is 24.2 Å². The topological polar surface area (TPSA) is 151 Å². The molecule has 0 atom stereocenters. The van der Waals surface area contributed by atoms with E-state index in [4.69, 9.17) is 0 Å². The molecule has 3 aromatic carbocycles. The number of nitro groups is 1. The molecule has 3 aromatic rings. The van der Waals surface area contributed by atoms with Crippen LogP contribution in [0.1, 0.15) is 40.0 Å². The summed E-state index contributed by atoms with van der Waals surface area (Å²) in [7, 11) is -4.08. The van der Waals surface area contributed by atoms with Crippen LogP contribution in [-0.4, -0.2) is 56.2 Å². The fourth-order valence-electron chi connectivity index (χ4n) is 4.29. The number of nitrogens with one attached hydrogen (secondary N) is 3. The molecule has 2 amide bonds. The first-order valence-electron chi connectivity index (χ1n) is 12.5. The maximum Gasteiger partial charge on any atom is 0.293 e. The highest BCUT2D eigenvalue weighted by Crippen LogP contribution is 2.26. The van der Waals surface area contributed by atoms with Crippen molar-refractivity contribution in [3.05, 3.63) is 94.0 Å². The van der Waals surface area contributed by atoms with Gasteiger partial charge in [-0.05, 0) is 68.4 Å². The normalized spacial score (nSPS) is 13.8. The Kier molecular flexibility index (Phi) is 8.89. The largest absolute Gasteiger partial charge is 0.378 e. The average molecular weight is 552 g/mol. The Labute approximate surface area is 226 Å². The van der Waals surface area contributed by atoms with Gasteiger partial charge in [0.05, 0.1) is 9.82 Å². The first kappa shape index (κ1) is 27.7. The maximum absolute atomic E-state index is 12.9. The molecule has 1 aliphatic heterocycles. The molecule has 1 fully saturated rings. The third kappa shape index (κ3) is 7.39.